The van der Waals surface area contributed by atoms with Gasteiger partial charge in [-0.05, 0) is 92.3 Å². The zero-order chi connectivity index (χ0) is 25.0. The highest BCUT2D eigenvalue weighted by molar-refractivity contribution is 7.98. The SMILES string of the molecule is COc1cc(C)c([C@H](C)NS(=O)(=O)c2ccc(SC)c(C(=O)N3CCCCC3)c2)cc1C(C)C. The summed E-state index contributed by atoms with van der Waals surface area (Å²) in [6.45, 7) is 9.39. The summed E-state index contributed by atoms with van der Waals surface area (Å²) in [6.07, 6.45) is 4.99. The highest BCUT2D eigenvalue weighted by atomic mass is 32.2. The van der Waals surface area contributed by atoms with E-state index in [1.54, 1.807) is 19.2 Å². The summed E-state index contributed by atoms with van der Waals surface area (Å²) in [4.78, 5) is 15.9. The third kappa shape index (κ3) is 5.78. The Labute approximate surface area is 208 Å². The van der Waals surface area contributed by atoms with Crippen molar-refractivity contribution in [2.75, 3.05) is 26.5 Å². The van der Waals surface area contributed by atoms with Crippen molar-refractivity contribution in [2.24, 2.45) is 0 Å². The van der Waals surface area contributed by atoms with Gasteiger partial charge in [-0.3, -0.25) is 4.79 Å². The summed E-state index contributed by atoms with van der Waals surface area (Å²) < 4.78 is 35.0. The number of piperidine rings is 1. The number of methoxy groups -OCH3 is 1. The van der Waals surface area contributed by atoms with Gasteiger partial charge in [0.1, 0.15) is 5.75 Å². The Hall–Kier alpha value is -2.03. The fourth-order valence-corrected chi connectivity index (χ4v) is 6.28. The first-order valence-electron chi connectivity index (χ1n) is 11.8. The van der Waals surface area contributed by atoms with E-state index in [1.807, 2.05) is 37.1 Å². The van der Waals surface area contributed by atoms with E-state index >= 15 is 0 Å². The Morgan fingerprint density at radius 2 is 1.74 bits per heavy atom. The van der Waals surface area contributed by atoms with Crippen molar-refractivity contribution < 1.29 is 17.9 Å². The molecule has 0 bridgehead atoms. The zero-order valence-electron chi connectivity index (χ0n) is 21.0. The molecule has 2 aromatic rings. The minimum absolute atomic E-state index is 0.0956. The molecule has 3 rings (SSSR count). The number of carbonyl (C=O) groups excluding carboxylic acids is 1. The number of hydrogen-bond donors (Lipinski definition) is 1. The first-order valence-corrected chi connectivity index (χ1v) is 14.5. The summed E-state index contributed by atoms with van der Waals surface area (Å²) in [5, 5.41) is 0. The molecule has 1 aliphatic rings. The molecule has 1 fully saturated rings. The third-order valence-electron chi connectivity index (χ3n) is 6.39. The Kier molecular flexibility index (Phi) is 8.71. The van der Waals surface area contributed by atoms with Crippen molar-refractivity contribution >= 4 is 27.7 Å². The highest BCUT2D eigenvalue weighted by Crippen LogP contribution is 2.33. The van der Waals surface area contributed by atoms with Crippen LogP contribution < -0.4 is 9.46 Å². The molecule has 8 heteroatoms. The molecule has 2 aromatic carbocycles. The summed E-state index contributed by atoms with van der Waals surface area (Å²) in [5.41, 5.74) is 3.34. The van der Waals surface area contributed by atoms with Gasteiger partial charge in [-0.2, -0.15) is 0 Å². The van der Waals surface area contributed by atoms with Crippen LogP contribution in [-0.2, 0) is 10.0 Å². The van der Waals surface area contributed by atoms with Gasteiger partial charge in [-0.25, -0.2) is 13.1 Å². The molecule has 1 N–H and O–H groups in total. The van der Waals surface area contributed by atoms with Crippen molar-refractivity contribution in [3.8, 4) is 5.75 Å². The van der Waals surface area contributed by atoms with Crippen molar-refractivity contribution in [1.82, 2.24) is 9.62 Å². The number of rotatable bonds is 8. The average Bonchev–Trinajstić information content (AvgIpc) is 2.82. The van der Waals surface area contributed by atoms with E-state index in [4.69, 9.17) is 4.74 Å². The predicted octanol–water partition coefficient (Wildman–Crippen LogP) is 5.51. The van der Waals surface area contributed by atoms with Crippen LogP contribution in [-0.4, -0.2) is 45.7 Å². The number of benzene rings is 2. The maximum atomic E-state index is 13.4. The van der Waals surface area contributed by atoms with Crippen molar-refractivity contribution in [2.45, 2.75) is 68.7 Å². The number of likely N-dealkylation sites (tertiary alicyclic amines) is 1. The minimum atomic E-state index is -3.85. The first-order chi connectivity index (χ1) is 16.1. The summed E-state index contributed by atoms with van der Waals surface area (Å²) in [6, 6.07) is 8.37. The molecule has 34 heavy (non-hydrogen) atoms. The van der Waals surface area contributed by atoms with Crippen LogP contribution in [0.5, 0.6) is 5.75 Å². The molecule has 0 radical (unpaired) electrons. The van der Waals surface area contributed by atoms with Crippen LogP contribution in [0.4, 0.5) is 0 Å². The number of ether oxygens (including phenoxy) is 1. The third-order valence-corrected chi connectivity index (χ3v) is 8.73. The average molecular weight is 505 g/mol. The van der Waals surface area contributed by atoms with E-state index in [2.05, 4.69) is 18.6 Å². The number of nitrogens with one attached hydrogen (secondary N) is 1. The molecular formula is C26H36N2O4S2. The van der Waals surface area contributed by atoms with Gasteiger partial charge in [0, 0.05) is 24.0 Å². The fourth-order valence-electron chi connectivity index (χ4n) is 4.46. The van der Waals surface area contributed by atoms with Crippen molar-refractivity contribution in [1.29, 1.82) is 0 Å². The number of carbonyl (C=O) groups is 1. The normalized spacial score (nSPS) is 15.4. The minimum Gasteiger partial charge on any atom is -0.496 e. The maximum Gasteiger partial charge on any atom is 0.255 e. The lowest BCUT2D eigenvalue weighted by atomic mass is 9.94. The second kappa shape index (κ2) is 11.1. The summed E-state index contributed by atoms with van der Waals surface area (Å²) >= 11 is 1.45. The van der Waals surface area contributed by atoms with Gasteiger partial charge in [0.25, 0.3) is 5.91 Å². The lowest BCUT2D eigenvalue weighted by Gasteiger charge is -2.27. The smallest absolute Gasteiger partial charge is 0.255 e. The van der Waals surface area contributed by atoms with Crippen LogP contribution >= 0.6 is 11.8 Å². The lowest BCUT2D eigenvalue weighted by molar-refractivity contribution is 0.0720. The topological polar surface area (TPSA) is 75.7 Å². The molecule has 1 amide bonds. The molecule has 0 aromatic heterocycles. The molecule has 0 unspecified atom stereocenters. The van der Waals surface area contributed by atoms with Gasteiger partial charge in [0.05, 0.1) is 17.6 Å². The van der Waals surface area contributed by atoms with E-state index in [0.29, 0.717) is 18.7 Å². The van der Waals surface area contributed by atoms with Crippen LogP contribution in [0.2, 0.25) is 0 Å². The maximum absolute atomic E-state index is 13.4. The van der Waals surface area contributed by atoms with Gasteiger partial charge in [0.15, 0.2) is 0 Å². The van der Waals surface area contributed by atoms with Gasteiger partial charge in [0.2, 0.25) is 10.0 Å². The van der Waals surface area contributed by atoms with Crippen molar-refractivity contribution in [3.63, 3.8) is 0 Å². The van der Waals surface area contributed by atoms with E-state index < -0.39 is 16.1 Å². The van der Waals surface area contributed by atoms with Gasteiger partial charge in [-0.15, -0.1) is 11.8 Å². The first kappa shape index (κ1) is 26.6. The molecule has 0 saturated carbocycles. The number of aryl methyl sites for hydroxylation is 1. The van der Waals surface area contributed by atoms with Crippen LogP contribution in [0.25, 0.3) is 0 Å². The number of nitrogens with zero attached hydrogens (tertiary/aromatic N) is 1. The van der Waals surface area contributed by atoms with Crippen LogP contribution in [0, 0.1) is 6.92 Å². The van der Waals surface area contributed by atoms with E-state index in [-0.39, 0.29) is 16.7 Å². The Balaban J connectivity index is 1.92. The highest BCUT2D eigenvalue weighted by Gasteiger charge is 2.26. The van der Waals surface area contributed by atoms with Gasteiger partial charge in [-0.1, -0.05) is 13.8 Å². The standard InChI is InChI=1S/C26H36N2O4S2/c1-17(2)21-16-22(18(3)14-24(21)32-5)19(4)27-34(30,31)20-10-11-25(33-6)23(15-20)26(29)28-12-8-7-9-13-28/h10-11,14-17,19,27H,7-9,12-13H2,1-6H3/t19-/m0/s1. The van der Waals surface area contributed by atoms with E-state index in [1.165, 1.54) is 17.8 Å². The van der Waals surface area contributed by atoms with Crippen LogP contribution in [0.3, 0.4) is 0 Å². The molecule has 1 aliphatic heterocycles. The van der Waals surface area contributed by atoms with E-state index in [9.17, 15) is 13.2 Å². The summed E-state index contributed by atoms with van der Waals surface area (Å²) in [7, 11) is -2.20. The number of hydrogen-bond acceptors (Lipinski definition) is 5. The second-order valence-corrected chi connectivity index (χ2v) is 11.7. The Morgan fingerprint density at radius 3 is 2.32 bits per heavy atom. The monoisotopic (exact) mass is 504 g/mol. The van der Waals surface area contributed by atoms with Gasteiger partial charge < -0.3 is 9.64 Å². The number of thioether (sulfide) groups is 1. The molecular weight excluding hydrogens is 468 g/mol. The molecule has 186 valence electrons. The molecule has 1 atom stereocenters. The van der Waals surface area contributed by atoms with Crippen molar-refractivity contribution in [3.05, 3.63) is 52.6 Å². The Bertz CT molecular complexity index is 1140. The predicted molar refractivity (Wildman–Crippen MR) is 139 cm³/mol. The van der Waals surface area contributed by atoms with E-state index in [0.717, 1.165) is 46.6 Å². The lowest BCUT2D eigenvalue weighted by Crippen LogP contribution is -2.36. The van der Waals surface area contributed by atoms with Gasteiger partial charge >= 0.3 is 0 Å². The molecule has 1 heterocycles. The van der Waals surface area contributed by atoms with Crippen LogP contribution in [0.15, 0.2) is 40.1 Å². The molecule has 1 saturated heterocycles. The summed E-state index contributed by atoms with van der Waals surface area (Å²) in [5.74, 6) is 0.946. The molecule has 0 spiro atoms. The number of sulfonamides is 1. The number of amides is 1. The Morgan fingerprint density at radius 1 is 1.06 bits per heavy atom. The quantitative estimate of drug-likeness (QED) is 0.480. The second-order valence-electron chi connectivity index (χ2n) is 9.16. The largest absolute Gasteiger partial charge is 0.496 e. The van der Waals surface area contributed by atoms with Crippen LogP contribution in [0.1, 0.15) is 79.0 Å². The molecule has 6 nitrogen and oxygen atoms in total. The molecule has 0 aliphatic carbocycles. The zero-order valence-corrected chi connectivity index (χ0v) is 22.6. The fraction of sp³-hybridized carbons (Fsp3) is 0.500.